The van der Waals surface area contributed by atoms with Gasteiger partial charge in [-0.15, -0.1) is 13.2 Å². The molecule has 0 fully saturated rings. The Morgan fingerprint density at radius 1 is 0.833 bits per heavy atom. The molecule has 3 heterocycles. The average Bonchev–Trinajstić information content (AvgIpc) is 3.66. The van der Waals surface area contributed by atoms with Crippen molar-refractivity contribution in [2.75, 3.05) is 31.7 Å². The summed E-state index contributed by atoms with van der Waals surface area (Å²) in [5.74, 6) is 0.955. The lowest BCUT2D eigenvalue weighted by molar-refractivity contribution is -0.274. The summed E-state index contributed by atoms with van der Waals surface area (Å²) >= 11 is 0. The maximum absolute atomic E-state index is 12.8. The van der Waals surface area contributed by atoms with E-state index in [1.807, 2.05) is 18.2 Å². The second-order valence-corrected chi connectivity index (χ2v) is 9.29. The van der Waals surface area contributed by atoms with E-state index in [-0.39, 0.29) is 5.75 Å². The van der Waals surface area contributed by atoms with E-state index >= 15 is 0 Å². The molecule has 0 radical (unpaired) electrons. The van der Waals surface area contributed by atoms with Gasteiger partial charge in [-0.05, 0) is 60.8 Å². The standard InChI is InChI=1S/C28H29F3N8O3/c29-28(30,31)42-23-12-19(11-22(15-23)37-27-4-7-34-39-27)16-32-5-1-2-8-40-9-10-41-26-14-21(20-3-6-33-35-17-20)13-25-24(26)18-36-38-25/h3-4,6-7,11-15,17-18,32H,1-2,5,8-10,16H2,(H,36,38)(H2,34,37,39). The number of alkyl halides is 3. The lowest BCUT2D eigenvalue weighted by Crippen LogP contribution is -2.18. The van der Waals surface area contributed by atoms with Crippen molar-refractivity contribution in [1.29, 1.82) is 0 Å². The minimum absolute atomic E-state index is 0.297. The number of aromatic amines is 2. The third-order valence-corrected chi connectivity index (χ3v) is 6.12. The molecule has 3 aromatic heterocycles. The third kappa shape index (κ3) is 8.41. The normalized spacial score (nSPS) is 11.6. The van der Waals surface area contributed by atoms with Crippen LogP contribution in [-0.4, -0.2) is 63.3 Å². The van der Waals surface area contributed by atoms with Crippen molar-refractivity contribution in [3.05, 3.63) is 72.8 Å². The topological polar surface area (TPSA) is 135 Å². The fourth-order valence-corrected chi connectivity index (χ4v) is 4.27. The molecule has 11 nitrogen and oxygen atoms in total. The van der Waals surface area contributed by atoms with Crippen LogP contribution < -0.4 is 20.1 Å². The van der Waals surface area contributed by atoms with Crippen LogP contribution in [0.15, 0.2) is 67.3 Å². The van der Waals surface area contributed by atoms with Crippen LogP contribution in [0.1, 0.15) is 18.4 Å². The molecule has 0 bridgehead atoms. The number of fused-ring (bicyclic) bond motifs is 1. The molecular weight excluding hydrogens is 553 g/mol. The van der Waals surface area contributed by atoms with Crippen LogP contribution in [0.3, 0.4) is 0 Å². The van der Waals surface area contributed by atoms with Gasteiger partial charge < -0.3 is 24.8 Å². The largest absolute Gasteiger partial charge is 0.573 e. The number of nitrogens with zero attached hydrogens (tertiary/aromatic N) is 4. The van der Waals surface area contributed by atoms with Gasteiger partial charge >= 0.3 is 6.36 Å². The molecule has 0 atom stereocenters. The minimum Gasteiger partial charge on any atom is -0.490 e. The van der Waals surface area contributed by atoms with Gasteiger partial charge in [0, 0.05) is 36.5 Å². The van der Waals surface area contributed by atoms with Gasteiger partial charge in [-0.2, -0.15) is 20.4 Å². The van der Waals surface area contributed by atoms with E-state index in [4.69, 9.17) is 9.47 Å². The summed E-state index contributed by atoms with van der Waals surface area (Å²) < 4.78 is 54.2. The van der Waals surface area contributed by atoms with Crippen LogP contribution in [-0.2, 0) is 11.3 Å². The number of benzene rings is 2. The molecule has 5 aromatic rings. The molecule has 0 spiro atoms. The first-order valence-electron chi connectivity index (χ1n) is 13.2. The van der Waals surface area contributed by atoms with Crippen LogP contribution in [0.5, 0.6) is 11.5 Å². The van der Waals surface area contributed by atoms with Gasteiger partial charge in [0.05, 0.1) is 42.3 Å². The van der Waals surface area contributed by atoms with Crippen molar-refractivity contribution >= 4 is 22.4 Å². The fraction of sp³-hybridized carbons (Fsp3) is 0.286. The summed E-state index contributed by atoms with van der Waals surface area (Å²) in [5.41, 5.74) is 3.81. The molecule has 2 aromatic carbocycles. The van der Waals surface area contributed by atoms with Crippen LogP contribution >= 0.6 is 0 Å². The Balaban J connectivity index is 1.02. The van der Waals surface area contributed by atoms with Crippen molar-refractivity contribution in [2.45, 2.75) is 25.7 Å². The van der Waals surface area contributed by atoms with Crippen molar-refractivity contribution in [3.8, 4) is 22.6 Å². The predicted octanol–water partition coefficient (Wildman–Crippen LogP) is 5.35. The summed E-state index contributed by atoms with van der Waals surface area (Å²) in [4.78, 5) is 0. The molecule has 0 amide bonds. The number of hydrogen-bond acceptors (Lipinski definition) is 9. The number of H-pyrrole nitrogens is 2. The molecule has 0 aliphatic carbocycles. The smallest absolute Gasteiger partial charge is 0.490 e. The van der Waals surface area contributed by atoms with Gasteiger partial charge in [-0.1, -0.05) is 0 Å². The number of nitrogens with one attached hydrogen (secondary N) is 4. The van der Waals surface area contributed by atoms with Gasteiger partial charge in [0.25, 0.3) is 0 Å². The number of anilines is 2. The Morgan fingerprint density at radius 2 is 1.76 bits per heavy atom. The van der Waals surface area contributed by atoms with Crippen LogP contribution in [0.2, 0.25) is 0 Å². The highest BCUT2D eigenvalue weighted by Crippen LogP contribution is 2.31. The summed E-state index contributed by atoms with van der Waals surface area (Å²) in [6.45, 7) is 2.40. The molecule has 5 rings (SSSR count). The highest BCUT2D eigenvalue weighted by atomic mass is 19.4. The molecule has 0 unspecified atom stereocenters. The number of aromatic nitrogens is 6. The lowest BCUT2D eigenvalue weighted by Gasteiger charge is -2.14. The van der Waals surface area contributed by atoms with Crippen LogP contribution in [0.4, 0.5) is 24.7 Å². The van der Waals surface area contributed by atoms with Crippen LogP contribution in [0.25, 0.3) is 22.0 Å². The predicted molar refractivity (Wildman–Crippen MR) is 149 cm³/mol. The second-order valence-electron chi connectivity index (χ2n) is 9.29. The first kappa shape index (κ1) is 28.8. The second kappa shape index (κ2) is 13.8. The molecule has 0 aliphatic rings. The molecule has 220 valence electrons. The Morgan fingerprint density at radius 3 is 2.57 bits per heavy atom. The molecule has 42 heavy (non-hydrogen) atoms. The molecular formula is C28H29F3N8O3. The van der Waals surface area contributed by atoms with E-state index < -0.39 is 6.36 Å². The lowest BCUT2D eigenvalue weighted by atomic mass is 10.1. The van der Waals surface area contributed by atoms with Crippen molar-refractivity contribution in [1.82, 2.24) is 35.9 Å². The zero-order chi connectivity index (χ0) is 29.2. The maximum Gasteiger partial charge on any atom is 0.573 e. The third-order valence-electron chi connectivity index (χ3n) is 6.12. The quantitative estimate of drug-likeness (QED) is 0.121. The Kier molecular flexibility index (Phi) is 9.46. The first-order chi connectivity index (χ1) is 20.4. The number of halogens is 3. The number of hydrogen-bond donors (Lipinski definition) is 4. The van der Waals surface area contributed by atoms with Crippen molar-refractivity contribution in [2.24, 2.45) is 0 Å². The summed E-state index contributed by atoms with van der Waals surface area (Å²) in [5, 5.41) is 28.5. The van der Waals surface area contributed by atoms with Crippen LogP contribution in [0, 0.1) is 0 Å². The zero-order valence-electron chi connectivity index (χ0n) is 22.4. The van der Waals surface area contributed by atoms with E-state index in [1.165, 1.54) is 18.3 Å². The number of ether oxygens (including phenoxy) is 3. The van der Waals surface area contributed by atoms with E-state index in [0.29, 0.717) is 55.7 Å². The molecule has 0 saturated heterocycles. The van der Waals surface area contributed by atoms with E-state index in [9.17, 15) is 13.2 Å². The molecule has 14 heteroatoms. The molecule has 4 N–H and O–H groups in total. The van der Waals surface area contributed by atoms with Gasteiger partial charge in [0.1, 0.15) is 23.9 Å². The Labute approximate surface area is 238 Å². The first-order valence-corrected chi connectivity index (χ1v) is 13.2. The summed E-state index contributed by atoms with van der Waals surface area (Å²) in [6, 6.07) is 11.9. The molecule has 0 aliphatic heterocycles. The fourth-order valence-electron chi connectivity index (χ4n) is 4.27. The van der Waals surface area contributed by atoms with Gasteiger partial charge in [-0.3, -0.25) is 10.2 Å². The van der Waals surface area contributed by atoms with E-state index in [1.54, 1.807) is 30.7 Å². The summed E-state index contributed by atoms with van der Waals surface area (Å²) in [6.07, 6.45) is 3.45. The van der Waals surface area contributed by atoms with Gasteiger partial charge in [-0.25, -0.2) is 0 Å². The zero-order valence-corrected chi connectivity index (χ0v) is 22.4. The van der Waals surface area contributed by atoms with E-state index in [0.717, 1.165) is 34.9 Å². The SMILES string of the molecule is FC(F)(F)Oc1cc(CNCCCCOCCOc2cc(-c3ccnnc3)cc3[nH]ncc23)cc(Nc2ccn[nH]2)c1. The number of unbranched alkanes of at least 4 members (excludes halogenated alkanes) is 1. The maximum atomic E-state index is 12.8. The van der Waals surface area contributed by atoms with E-state index in [2.05, 4.69) is 46.0 Å². The van der Waals surface area contributed by atoms with Gasteiger partial charge in [0.15, 0.2) is 0 Å². The average molecular weight is 583 g/mol. The number of rotatable bonds is 15. The Hall–Kier alpha value is -4.69. The highest BCUT2D eigenvalue weighted by molar-refractivity contribution is 5.89. The van der Waals surface area contributed by atoms with Crippen molar-refractivity contribution < 1.29 is 27.4 Å². The Bertz CT molecular complexity index is 1550. The minimum atomic E-state index is -4.78. The molecule has 0 saturated carbocycles. The monoisotopic (exact) mass is 582 g/mol. The van der Waals surface area contributed by atoms with Crippen molar-refractivity contribution in [3.63, 3.8) is 0 Å². The highest BCUT2D eigenvalue weighted by Gasteiger charge is 2.31. The summed E-state index contributed by atoms with van der Waals surface area (Å²) in [7, 11) is 0. The van der Waals surface area contributed by atoms with Gasteiger partial charge in [0.2, 0.25) is 0 Å².